The Morgan fingerprint density at radius 3 is 1.93 bits per heavy atom. The van der Waals surface area contributed by atoms with Crippen molar-refractivity contribution >= 4 is 20.2 Å². The maximum atomic E-state index is 12.8. The smallest absolute Gasteiger partial charge is 0.334 e. The second-order valence-electron chi connectivity index (χ2n) is 8.36. The summed E-state index contributed by atoms with van der Waals surface area (Å²) in [5.74, 6) is -1.42. The molecular weight excluding hydrogens is 370 g/mol. The minimum Gasteiger partial charge on any atom is -0.479 e. The van der Waals surface area contributed by atoms with Crippen LogP contribution in [0.5, 0.6) is 0 Å². The molecule has 2 atom stereocenters. The second kappa shape index (κ2) is 8.71. The van der Waals surface area contributed by atoms with Gasteiger partial charge in [0, 0.05) is 5.56 Å². The Balaban J connectivity index is 2.41. The van der Waals surface area contributed by atoms with Crippen LogP contribution in [0.4, 0.5) is 0 Å². The van der Waals surface area contributed by atoms with Crippen molar-refractivity contribution < 1.29 is 19.1 Å². The molecule has 0 aliphatic heterocycles. The van der Waals surface area contributed by atoms with E-state index in [-0.39, 0.29) is 10.9 Å². The number of amides is 1. The van der Waals surface area contributed by atoms with Crippen molar-refractivity contribution in [1.29, 1.82) is 0 Å². The van der Waals surface area contributed by atoms with Gasteiger partial charge in [0.25, 0.3) is 5.91 Å². The lowest BCUT2D eigenvalue weighted by atomic mass is 10.0. The summed E-state index contributed by atoms with van der Waals surface area (Å²) in [6.45, 7) is 10.2. The van der Waals surface area contributed by atoms with E-state index in [0.29, 0.717) is 11.1 Å². The van der Waals surface area contributed by atoms with Gasteiger partial charge in [-0.1, -0.05) is 69.3 Å². The average molecular weight is 400 g/mol. The van der Waals surface area contributed by atoms with Crippen LogP contribution in [0.2, 0.25) is 18.1 Å². The number of rotatable bonds is 7. The van der Waals surface area contributed by atoms with Crippen LogP contribution in [0.15, 0.2) is 60.7 Å². The predicted molar refractivity (Wildman–Crippen MR) is 113 cm³/mol. The minimum absolute atomic E-state index is 0.161. The molecule has 0 saturated heterocycles. The molecule has 0 radical (unpaired) electrons. The van der Waals surface area contributed by atoms with Gasteiger partial charge in [-0.25, -0.2) is 4.79 Å². The minimum atomic E-state index is -2.39. The van der Waals surface area contributed by atoms with E-state index in [1.165, 1.54) is 0 Å². The lowest BCUT2D eigenvalue weighted by Gasteiger charge is -2.40. The SMILES string of the molecule is CC(C)(C)[Si](C)(C)O[C@H](C(=O)O)[C@H](NC(=O)c1ccccc1)c1ccccc1. The number of hydrogen-bond donors (Lipinski definition) is 2. The van der Waals surface area contributed by atoms with Crippen LogP contribution in [-0.4, -0.2) is 31.4 Å². The van der Waals surface area contributed by atoms with Crippen LogP contribution >= 0.6 is 0 Å². The molecular formula is C22H29NO4Si. The molecule has 2 aromatic carbocycles. The Kier molecular flexibility index (Phi) is 6.80. The molecule has 5 nitrogen and oxygen atoms in total. The van der Waals surface area contributed by atoms with E-state index < -0.39 is 26.4 Å². The zero-order valence-corrected chi connectivity index (χ0v) is 18.1. The van der Waals surface area contributed by atoms with Crippen molar-refractivity contribution in [2.24, 2.45) is 0 Å². The molecule has 0 fully saturated rings. The van der Waals surface area contributed by atoms with E-state index in [1.54, 1.807) is 36.4 Å². The largest absolute Gasteiger partial charge is 0.479 e. The van der Waals surface area contributed by atoms with Crippen molar-refractivity contribution in [3.63, 3.8) is 0 Å². The number of carbonyl (C=O) groups excluding carboxylic acids is 1. The second-order valence-corrected chi connectivity index (χ2v) is 13.1. The van der Waals surface area contributed by atoms with E-state index in [4.69, 9.17) is 4.43 Å². The summed E-state index contributed by atoms with van der Waals surface area (Å²) < 4.78 is 6.24. The fourth-order valence-electron chi connectivity index (χ4n) is 2.56. The molecule has 0 saturated carbocycles. The normalized spacial score (nSPS) is 14.2. The first kappa shape index (κ1) is 21.9. The van der Waals surface area contributed by atoms with E-state index in [2.05, 4.69) is 26.1 Å². The molecule has 0 heterocycles. The average Bonchev–Trinajstić information content (AvgIpc) is 2.64. The number of carbonyl (C=O) groups is 2. The van der Waals surface area contributed by atoms with Crippen molar-refractivity contribution in [2.45, 2.75) is 51.0 Å². The molecule has 0 unspecified atom stereocenters. The molecule has 2 N–H and O–H groups in total. The molecule has 0 aliphatic carbocycles. The standard InChI is InChI=1S/C22H29NO4Si/c1-22(2,3)28(4,5)27-19(21(25)26)18(16-12-8-6-9-13-16)23-20(24)17-14-10-7-11-15-17/h6-15,18-19H,1-5H3,(H,23,24)(H,25,26)/t18-,19+/m1/s1. The first-order valence-corrected chi connectivity index (χ1v) is 12.3. The highest BCUT2D eigenvalue weighted by Gasteiger charge is 2.43. The van der Waals surface area contributed by atoms with Gasteiger partial charge in [0.1, 0.15) is 0 Å². The lowest BCUT2D eigenvalue weighted by Crippen LogP contribution is -2.51. The summed E-state index contributed by atoms with van der Waals surface area (Å²) in [5, 5.41) is 12.7. The van der Waals surface area contributed by atoms with Crippen molar-refractivity contribution in [1.82, 2.24) is 5.32 Å². The quantitative estimate of drug-likeness (QED) is 0.666. The number of benzene rings is 2. The molecule has 6 heteroatoms. The first-order chi connectivity index (χ1) is 13.0. The third-order valence-electron chi connectivity index (χ3n) is 5.26. The van der Waals surface area contributed by atoms with Crippen molar-refractivity contribution in [3.8, 4) is 0 Å². The van der Waals surface area contributed by atoms with Gasteiger partial charge in [-0.2, -0.15) is 0 Å². The third-order valence-corrected chi connectivity index (χ3v) is 9.71. The van der Waals surface area contributed by atoms with Gasteiger partial charge < -0.3 is 14.8 Å². The Bertz CT molecular complexity index is 800. The van der Waals surface area contributed by atoms with Crippen LogP contribution in [-0.2, 0) is 9.22 Å². The van der Waals surface area contributed by atoms with Crippen molar-refractivity contribution in [2.75, 3.05) is 0 Å². The van der Waals surface area contributed by atoms with Crippen LogP contribution in [0, 0.1) is 0 Å². The molecule has 0 aromatic heterocycles. The summed E-state index contributed by atoms with van der Waals surface area (Å²) in [7, 11) is -2.39. The Morgan fingerprint density at radius 2 is 1.46 bits per heavy atom. The third kappa shape index (κ3) is 5.30. The summed E-state index contributed by atoms with van der Waals surface area (Å²) >= 11 is 0. The van der Waals surface area contributed by atoms with Gasteiger partial charge in [0.15, 0.2) is 14.4 Å². The highest BCUT2D eigenvalue weighted by Crippen LogP contribution is 2.39. The van der Waals surface area contributed by atoms with E-state index >= 15 is 0 Å². The number of nitrogens with one attached hydrogen (secondary N) is 1. The molecule has 28 heavy (non-hydrogen) atoms. The molecule has 0 spiro atoms. The number of hydrogen-bond acceptors (Lipinski definition) is 3. The van der Waals surface area contributed by atoms with Gasteiger partial charge in [-0.15, -0.1) is 0 Å². The van der Waals surface area contributed by atoms with Gasteiger partial charge >= 0.3 is 5.97 Å². The van der Waals surface area contributed by atoms with Crippen LogP contribution in [0.1, 0.15) is 42.7 Å². The lowest BCUT2D eigenvalue weighted by molar-refractivity contribution is -0.147. The molecule has 0 aliphatic rings. The number of carboxylic acids is 1. The van der Waals surface area contributed by atoms with E-state index in [1.807, 2.05) is 37.4 Å². The van der Waals surface area contributed by atoms with Crippen LogP contribution < -0.4 is 5.32 Å². The van der Waals surface area contributed by atoms with Gasteiger partial charge in [0.05, 0.1) is 6.04 Å². The van der Waals surface area contributed by atoms with E-state index in [9.17, 15) is 14.7 Å². The Morgan fingerprint density at radius 1 is 0.964 bits per heavy atom. The summed E-state index contributed by atoms with van der Waals surface area (Å²) in [6.07, 6.45) is -1.18. The zero-order chi connectivity index (χ0) is 20.9. The monoisotopic (exact) mass is 399 g/mol. The zero-order valence-electron chi connectivity index (χ0n) is 17.1. The van der Waals surface area contributed by atoms with Gasteiger partial charge in [0.2, 0.25) is 0 Å². The van der Waals surface area contributed by atoms with Crippen LogP contribution in [0.25, 0.3) is 0 Å². The summed E-state index contributed by atoms with van der Waals surface area (Å²) in [4.78, 5) is 25.0. The Hall–Kier alpha value is -2.44. The molecule has 1 amide bonds. The predicted octanol–water partition coefficient (Wildman–Crippen LogP) is 4.63. The summed E-state index contributed by atoms with van der Waals surface area (Å²) in [6, 6.07) is 17.1. The number of aliphatic carboxylic acids is 1. The molecule has 2 rings (SSSR count). The fraction of sp³-hybridized carbons (Fsp3) is 0.364. The maximum Gasteiger partial charge on any atom is 0.334 e. The fourth-order valence-corrected chi connectivity index (χ4v) is 3.79. The maximum absolute atomic E-state index is 12.8. The molecule has 2 aromatic rings. The highest BCUT2D eigenvalue weighted by molar-refractivity contribution is 6.74. The van der Waals surface area contributed by atoms with Crippen molar-refractivity contribution in [3.05, 3.63) is 71.8 Å². The van der Waals surface area contributed by atoms with Crippen LogP contribution in [0.3, 0.4) is 0 Å². The Labute approximate surface area is 167 Å². The van der Waals surface area contributed by atoms with E-state index in [0.717, 1.165) is 0 Å². The van der Waals surface area contributed by atoms with Gasteiger partial charge in [-0.3, -0.25) is 4.79 Å². The van der Waals surface area contributed by atoms with Gasteiger partial charge in [-0.05, 0) is 35.8 Å². The molecule has 0 bridgehead atoms. The molecule has 150 valence electrons. The summed E-state index contributed by atoms with van der Waals surface area (Å²) in [5.41, 5.74) is 1.16. The first-order valence-electron chi connectivity index (χ1n) is 9.34. The number of carboxylic acid groups (broad SMARTS) is 1. The topological polar surface area (TPSA) is 75.6 Å². The highest BCUT2D eigenvalue weighted by atomic mass is 28.4.